The lowest BCUT2D eigenvalue weighted by atomic mass is 10.1. The number of nitrogens with zero attached hydrogens (tertiary/aromatic N) is 2. The number of carboxylic acid groups (broad SMARTS) is 1. The Bertz CT molecular complexity index is 838. The van der Waals surface area contributed by atoms with E-state index in [9.17, 15) is 4.79 Å². The summed E-state index contributed by atoms with van der Waals surface area (Å²) in [6.45, 7) is 0. The van der Waals surface area contributed by atoms with Crippen molar-refractivity contribution in [3.63, 3.8) is 0 Å². The molecule has 3 aromatic rings. The average molecular weight is 343 g/mol. The predicted molar refractivity (Wildman–Crippen MR) is 85.0 cm³/mol. The smallest absolute Gasteiger partial charge is 0.328 e. The Morgan fingerprint density at radius 2 is 1.95 bits per heavy atom. The summed E-state index contributed by atoms with van der Waals surface area (Å²) in [5.41, 5.74) is 3.20. The zero-order valence-corrected chi connectivity index (χ0v) is 12.5. The number of hydrogen-bond donors (Lipinski definition) is 1. The van der Waals surface area contributed by atoms with Gasteiger partial charge in [0.05, 0.1) is 11.4 Å². The topological polar surface area (TPSA) is 54.6 Å². The molecular formula is C16H11BrN2O2. The first-order chi connectivity index (χ1) is 10.1. The second kappa shape index (κ2) is 5.54. The Kier molecular flexibility index (Phi) is 3.58. The number of imidazole rings is 1. The third-order valence-electron chi connectivity index (χ3n) is 3.05. The standard InChI is InChI=1S/C16H11BrN2O2/c17-12-6-8-14-18-16(11-4-2-1-3-5-11)13(19(14)10-12)7-9-15(20)21/h1-10H,(H,20,21)/b9-7+. The molecular weight excluding hydrogens is 332 g/mol. The summed E-state index contributed by atoms with van der Waals surface area (Å²) in [5, 5.41) is 8.87. The van der Waals surface area contributed by atoms with Crippen LogP contribution in [0.4, 0.5) is 0 Å². The van der Waals surface area contributed by atoms with Crippen LogP contribution in [0.3, 0.4) is 0 Å². The third-order valence-corrected chi connectivity index (χ3v) is 3.52. The minimum atomic E-state index is -0.987. The van der Waals surface area contributed by atoms with E-state index in [0.717, 1.165) is 33.1 Å². The first-order valence-electron chi connectivity index (χ1n) is 6.29. The van der Waals surface area contributed by atoms with Crippen molar-refractivity contribution in [1.82, 2.24) is 9.38 Å². The molecule has 0 fully saturated rings. The van der Waals surface area contributed by atoms with Crippen LogP contribution >= 0.6 is 15.9 Å². The van der Waals surface area contributed by atoms with E-state index in [1.54, 1.807) is 6.08 Å². The van der Waals surface area contributed by atoms with Gasteiger partial charge in [-0.15, -0.1) is 0 Å². The monoisotopic (exact) mass is 342 g/mol. The zero-order valence-electron chi connectivity index (χ0n) is 10.9. The van der Waals surface area contributed by atoms with Crippen LogP contribution in [0.5, 0.6) is 0 Å². The molecule has 2 aromatic heterocycles. The fourth-order valence-electron chi connectivity index (χ4n) is 2.15. The van der Waals surface area contributed by atoms with Gasteiger partial charge >= 0.3 is 5.97 Å². The molecule has 1 aromatic carbocycles. The summed E-state index contributed by atoms with van der Waals surface area (Å²) >= 11 is 3.42. The van der Waals surface area contributed by atoms with Crippen molar-refractivity contribution < 1.29 is 9.90 Å². The van der Waals surface area contributed by atoms with E-state index < -0.39 is 5.97 Å². The van der Waals surface area contributed by atoms with Crippen molar-refractivity contribution in [1.29, 1.82) is 0 Å². The molecule has 0 saturated heterocycles. The fourth-order valence-corrected chi connectivity index (χ4v) is 2.49. The summed E-state index contributed by atoms with van der Waals surface area (Å²) in [6, 6.07) is 13.5. The lowest BCUT2D eigenvalue weighted by Crippen LogP contribution is -1.91. The number of hydrogen-bond acceptors (Lipinski definition) is 2. The molecule has 0 atom stereocenters. The van der Waals surface area contributed by atoms with E-state index in [1.807, 2.05) is 53.1 Å². The number of fused-ring (bicyclic) bond motifs is 1. The number of halogens is 1. The Labute approximate surface area is 129 Å². The number of carbonyl (C=O) groups is 1. The molecule has 0 bridgehead atoms. The number of aromatic nitrogens is 2. The van der Waals surface area contributed by atoms with Crippen molar-refractivity contribution in [3.8, 4) is 11.3 Å². The molecule has 0 spiro atoms. The summed E-state index contributed by atoms with van der Waals surface area (Å²) in [5.74, 6) is -0.987. The van der Waals surface area contributed by atoms with E-state index in [0.29, 0.717) is 0 Å². The van der Waals surface area contributed by atoms with Crippen LogP contribution in [-0.2, 0) is 4.79 Å². The molecule has 0 radical (unpaired) electrons. The molecule has 104 valence electrons. The van der Waals surface area contributed by atoms with Gasteiger partial charge in [0.2, 0.25) is 0 Å². The van der Waals surface area contributed by atoms with Gasteiger partial charge in [-0.3, -0.25) is 4.40 Å². The molecule has 21 heavy (non-hydrogen) atoms. The highest BCUT2D eigenvalue weighted by molar-refractivity contribution is 9.10. The average Bonchev–Trinajstić information content (AvgIpc) is 2.84. The van der Waals surface area contributed by atoms with E-state index in [-0.39, 0.29) is 0 Å². The molecule has 0 aliphatic carbocycles. The molecule has 1 N–H and O–H groups in total. The van der Waals surface area contributed by atoms with Gasteiger partial charge in [-0.25, -0.2) is 9.78 Å². The Morgan fingerprint density at radius 3 is 2.67 bits per heavy atom. The van der Waals surface area contributed by atoms with Crippen LogP contribution in [0.15, 0.2) is 59.2 Å². The Hall–Kier alpha value is -2.40. The van der Waals surface area contributed by atoms with Gasteiger partial charge in [0, 0.05) is 22.3 Å². The van der Waals surface area contributed by atoms with E-state index in [1.165, 1.54) is 0 Å². The molecule has 4 nitrogen and oxygen atoms in total. The van der Waals surface area contributed by atoms with Crippen LogP contribution in [0.25, 0.3) is 23.0 Å². The molecule has 0 aliphatic rings. The zero-order chi connectivity index (χ0) is 14.8. The highest BCUT2D eigenvalue weighted by atomic mass is 79.9. The maximum Gasteiger partial charge on any atom is 0.328 e. The fraction of sp³-hybridized carbons (Fsp3) is 0. The number of benzene rings is 1. The van der Waals surface area contributed by atoms with Crippen molar-refractivity contribution in [3.05, 3.63) is 64.9 Å². The summed E-state index contributed by atoms with van der Waals surface area (Å²) in [7, 11) is 0. The van der Waals surface area contributed by atoms with Crippen molar-refractivity contribution in [2.75, 3.05) is 0 Å². The quantitative estimate of drug-likeness (QED) is 0.735. The molecule has 0 aliphatic heterocycles. The second-order valence-corrected chi connectivity index (χ2v) is 5.37. The second-order valence-electron chi connectivity index (χ2n) is 4.46. The molecule has 0 saturated carbocycles. The number of rotatable bonds is 3. The van der Waals surface area contributed by atoms with Gasteiger partial charge in [-0.1, -0.05) is 30.3 Å². The molecule has 0 unspecified atom stereocenters. The number of pyridine rings is 1. The summed E-state index contributed by atoms with van der Waals surface area (Å²) in [6.07, 6.45) is 4.56. The largest absolute Gasteiger partial charge is 0.478 e. The maximum atomic E-state index is 10.8. The lowest BCUT2D eigenvalue weighted by molar-refractivity contribution is -0.131. The minimum Gasteiger partial charge on any atom is -0.478 e. The van der Waals surface area contributed by atoms with Crippen LogP contribution in [0, 0.1) is 0 Å². The van der Waals surface area contributed by atoms with Crippen LogP contribution in [0.2, 0.25) is 0 Å². The van der Waals surface area contributed by atoms with Gasteiger partial charge in [0.1, 0.15) is 5.65 Å². The van der Waals surface area contributed by atoms with Crippen LogP contribution in [0.1, 0.15) is 5.69 Å². The molecule has 0 amide bonds. The number of carboxylic acids is 1. The van der Waals surface area contributed by atoms with Gasteiger partial charge in [0.15, 0.2) is 0 Å². The van der Waals surface area contributed by atoms with Crippen LogP contribution in [-0.4, -0.2) is 20.5 Å². The Morgan fingerprint density at radius 1 is 1.19 bits per heavy atom. The Balaban J connectivity index is 2.28. The van der Waals surface area contributed by atoms with E-state index in [4.69, 9.17) is 5.11 Å². The SMILES string of the molecule is O=C(O)/C=C/c1c(-c2ccccc2)nc2ccc(Br)cn12. The summed E-state index contributed by atoms with van der Waals surface area (Å²) in [4.78, 5) is 15.4. The highest BCUT2D eigenvalue weighted by Crippen LogP contribution is 2.26. The van der Waals surface area contributed by atoms with Gasteiger partial charge in [-0.2, -0.15) is 0 Å². The molecule has 5 heteroatoms. The first kappa shape index (κ1) is 13.6. The van der Waals surface area contributed by atoms with Gasteiger partial charge < -0.3 is 5.11 Å². The third kappa shape index (κ3) is 2.73. The lowest BCUT2D eigenvalue weighted by Gasteiger charge is -2.00. The van der Waals surface area contributed by atoms with Crippen molar-refractivity contribution >= 4 is 33.6 Å². The van der Waals surface area contributed by atoms with Crippen LogP contribution < -0.4 is 0 Å². The maximum absolute atomic E-state index is 10.8. The van der Waals surface area contributed by atoms with Gasteiger partial charge in [0.25, 0.3) is 0 Å². The normalized spacial score (nSPS) is 11.3. The first-order valence-corrected chi connectivity index (χ1v) is 7.08. The minimum absolute atomic E-state index is 0.736. The van der Waals surface area contributed by atoms with E-state index >= 15 is 0 Å². The van der Waals surface area contributed by atoms with Gasteiger partial charge in [-0.05, 0) is 34.1 Å². The van der Waals surface area contributed by atoms with Crippen molar-refractivity contribution in [2.45, 2.75) is 0 Å². The number of aliphatic carboxylic acids is 1. The molecule has 3 rings (SSSR count). The molecule has 2 heterocycles. The predicted octanol–water partition coefficient (Wildman–Crippen LogP) is 3.86. The highest BCUT2D eigenvalue weighted by Gasteiger charge is 2.12. The van der Waals surface area contributed by atoms with E-state index in [2.05, 4.69) is 20.9 Å². The summed E-state index contributed by atoms with van der Waals surface area (Å²) < 4.78 is 2.77. The van der Waals surface area contributed by atoms with Crippen molar-refractivity contribution in [2.24, 2.45) is 0 Å².